The van der Waals surface area contributed by atoms with E-state index in [4.69, 9.17) is 4.74 Å². The smallest absolute Gasteiger partial charge is 0.378 e. The molecule has 5 rings (SSSR count). The summed E-state index contributed by atoms with van der Waals surface area (Å²) in [6.45, 7) is 4.60. The molecule has 40 heavy (non-hydrogen) atoms. The second-order valence-electron chi connectivity index (χ2n) is 9.69. The molecule has 2 N–H and O–H groups in total. The number of hydrogen-bond acceptors (Lipinski definition) is 7. The van der Waals surface area contributed by atoms with Gasteiger partial charge >= 0.3 is 6.18 Å². The fraction of sp³-hybridized carbons (Fsp3) is 0.370. The van der Waals surface area contributed by atoms with E-state index in [0.717, 1.165) is 19.3 Å². The van der Waals surface area contributed by atoms with Crippen LogP contribution in [0.4, 0.5) is 34.8 Å². The van der Waals surface area contributed by atoms with Crippen molar-refractivity contribution in [1.82, 2.24) is 14.9 Å². The standard InChI is InChI=1S/C27H28F4N6O3/c1-35-6-8-36(9-7-35)22-3-2-17(18-4-5-32-25(24(18)28)37-10-12-40-13-11-37)14-21(22)34-26(39)19-16-33-23(38)15-20(19)27(29,30)31/h2-5,14-16H,6-13H2,1H3,(H,33,38)(H,34,39). The Morgan fingerprint density at radius 1 is 1.02 bits per heavy atom. The number of amides is 1. The van der Waals surface area contributed by atoms with Crippen molar-refractivity contribution in [2.75, 3.05) is 74.6 Å². The largest absolute Gasteiger partial charge is 0.417 e. The van der Waals surface area contributed by atoms with Crippen molar-refractivity contribution < 1.29 is 27.1 Å². The summed E-state index contributed by atoms with van der Waals surface area (Å²) in [6.07, 6.45) is -2.68. The number of anilines is 3. The van der Waals surface area contributed by atoms with Gasteiger partial charge in [-0.3, -0.25) is 9.59 Å². The van der Waals surface area contributed by atoms with Crippen LogP contribution in [-0.4, -0.2) is 80.3 Å². The predicted octanol–water partition coefficient (Wildman–Crippen LogP) is 3.44. The average Bonchev–Trinajstić information content (AvgIpc) is 2.93. The zero-order valence-electron chi connectivity index (χ0n) is 21.7. The number of benzene rings is 1. The van der Waals surface area contributed by atoms with Crippen LogP contribution < -0.4 is 20.7 Å². The summed E-state index contributed by atoms with van der Waals surface area (Å²) in [5, 5.41) is 2.59. The molecule has 2 fully saturated rings. The van der Waals surface area contributed by atoms with Gasteiger partial charge in [0.1, 0.15) is 0 Å². The second-order valence-corrected chi connectivity index (χ2v) is 9.69. The van der Waals surface area contributed by atoms with Crippen LogP contribution in [0.5, 0.6) is 0 Å². The van der Waals surface area contributed by atoms with E-state index in [0.29, 0.717) is 56.7 Å². The summed E-state index contributed by atoms with van der Waals surface area (Å²) in [5.74, 6) is -1.42. The lowest BCUT2D eigenvalue weighted by Gasteiger charge is -2.35. The van der Waals surface area contributed by atoms with E-state index in [-0.39, 0.29) is 17.1 Å². The van der Waals surface area contributed by atoms with Crippen molar-refractivity contribution >= 4 is 23.1 Å². The number of halogens is 4. The highest BCUT2D eigenvalue weighted by Gasteiger charge is 2.36. The number of aromatic nitrogens is 2. The number of alkyl halides is 3. The van der Waals surface area contributed by atoms with Gasteiger partial charge in [0, 0.05) is 63.3 Å². The third kappa shape index (κ3) is 5.80. The Morgan fingerprint density at radius 2 is 1.75 bits per heavy atom. The summed E-state index contributed by atoms with van der Waals surface area (Å²) < 4.78 is 62.0. The van der Waals surface area contributed by atoms with Gasteiger partial charge in [0.05, 0.1) is 35.7 Å². The first kappa shape index (κ1) is 27.6. The molecule has 3 aromatic rings. The summed E-state index contributed by atoms with van der Waals surface area (Å²) in [5.41, 5.74) is -1.60. The molecule has 1 aromatic carbocycles. The fourth-order valence-electron chi connectivity index (χ4n) is 4.86. The third-order valence-corrected chi connectivity index (χ3v) is 7.06. The van der Waals surface area contributed by atoms with Gasteiger partial charge in [-0.05, 0) is 30.8 Å². The molecule has 0 unspecified atom stereocenters. The number of carbonyl (C=O) groups excluding carboxylic acids is 1. The quantitative estimate of drug-likeness (QED) is 0.462. The van der Waals surface area contributed by atoms with Crippen LogP contribution in [0.25, 0.3) is 11.1 Å². The van der Waals surface area contributed by atoms with Gasteiger partial charge in [0.15, 0.2) is 11.6 Å². The number of H-pyrrole nitrogens is 1. The highest BCUT2D eigenvalue weighted by molar-refractivity contribution is 6.07. The van der Waals surface area contributed by atoms with Gasteiger partial charge in [-0.25, -0.2) is 9.37 Å². The Bertz CT molecular complexity index is 1450. The number of pyridine rings is 2. The number of rotatable bonds is 5. The van der Waals surface area contributed by atoms with E-state index in [9.17, 15) is 22.8 Å². The van der Waals surface area contributed by atoms with Gasteiger partial charge in [-0.1, -0.05) is 6.07 Å². The number of morpholine rings is 1. The van der Waals surface area contributed by atoms with E-state index in [1.165, 1.54) is 12.3 Å². The zero-order chi connectivity index (χ0) is 28.4. The molecule has 2 saturated heterocycles. The zero-order valence-corrected chi connectivity index (χ0v) is 21.7. The number of likely N-dealkylation sites (N-methyl/N-ethyl adjacent to an activating group) is 1. The van der Waals surface area contributed by atoms with Gasteiger partial charge < -0.3 is 29.7 Å². The number of ether oxygens (including phenoxy) is 1. The SMILES string of the molecule is CN1CCN(c2ccc(-c3ccnc(N4CCOCC4)c3F)cc2NC(=O)c2c[nH]c(=O)cc2C(F)(F)F)CC1. The van der Waals surface area contributed by atoms with Crippen LogP contribution in [-0.2, 0) is 10.9 Å². The minimum absolute atomic E-state index is 0.178. The average molecular weight is 561 g/mol. The molecular formula is C27H28F4N6O3. The molecule has 0 radical (unpaired) electrons. The third-order valence-electron chi connectivity index (χ3n) is 7.06. The monoisotopic (exact) mass is 560 g/mol. The first-order chi connectivity index (χ1) is 19.1. The lowest BCUT2D eigenvalue weighted by atomic mass is 10.0. The maximum atomic E-state index is 15.7. The van der Waals surface area contributed by atoms with E-state index in [1.807, 2.05) is 11.9 Å². The van der Waals surface area contributed by atoms with Crippen LogP contribution in [0.2, 0.25) is 0 Å². The van der Waals surface area contributed by atoms with Crippen LogP contribution in [0, 0.1) is 5.82 Å². The topological polar surface area (TPSA) is 93.8 Å². The van der Waals surface area contributed by atoms with Gasteiger partial charge in [-0.15, -0.1) is 0 Å². The maximum absolute atomic E-state index is 15.7. The Hall–Kier alpha value is -3.97. The molecule has 0 bridgehead atoms. The molecule has 212 valence electrons. The molecule has 2 aliphatic rings. The highest BCUT2D eigenvalue weighted by atomic mass is 19.4. The van der Waals surface area contributed by atoms with Crippen LogP contribution in [0.15, 0.2) is 47.5 Å². The molecule has 2 aromatic heterocycles. The van der Waals surface area contributed by atoms with Crippen molar-refractivity contribution in [3.8, 4) is 11.1 Å². The first-order valence-corrected chi connectivity index (χ1v) is 12.8. The van der Waals surface area contributed by atoms with E-state index in [1.54, 1.807) is 23.1 Å². The van der Waals surface area contributed by atoms with Crippen LogP contribution in [0.1, 0.15) is 15.9 Å². The summed E-state index contributed by atoms with van der Waals surface area (Å²) in [6, 6.07) is 6.85. The molecule has 9 nitrogen and oxygen atoms in total. The molecule has 13 heteroatoms. The molecule has 1 amide bonds. The first-order valence-electron chi connectivity index (χ1n) is 12.8. The molecule has 0 aliphatic carbocycles. The molecule has 0 saturated carbocycles. The molecule has 2 aliphatic heterocycles. The molecular weight excluding hydrogens is 532 g/mol. The Balaban J connectivity index is 1.54. The lowest BCUT2D eigenvalue weighted by Crippen LogP contribution is -2.44. The van der Waals surface area contributed by atoms with Crippen molar-refractivity contribution in [3.05, 3.63) is 70.0 Å². The van der Waals surface area contributed by atoms with Crippen LogP contribution >= 0.6 is 0 Å². The van der Waals surface area contributed by atoms with Crippen molar-refractivity contribution in [2.45, 2.75) is 6.18 Å². The Morgan fingerprint density at radius 3 is 2.45 bits per heavy atom. The Kier molecular flexibility index (Phi) is 7.76. The number of aromatic amines is 1. The normalized spacial score (nSPS) is 16.7. The van der Waals surface area contributed by atoms with E-state index < -0.39 is 34.6 Å². The summed E-state index contributed by atoms with van der Waals surface area (Å²) >= 11 is 0. The van der Waals surface area contributed by atoms with Crippen molar-refractivity contribution in [2.24, 2.45) is 0 Å². The molecule has 0 atom stereocenters. The van der Waals surface area contributed by atoms with E-state index >= 15 is 4.39 Å². The number of piperazine rings is 1. The molecule has 4 heterocycles. The molecule has 0 spiro atoms. The summed E-state index contributed by atoms with van der Waals surface area (Å²) in [4.78, 5) is 37.1. The van der Waals surface area contributed by atoms with Crippen molar-refractivity contribution in [3.63, 3.8) is 0 Å². The number of carbonyl (C=O) groups is 1. The van der Waals surface area contributed by atoms with Crippen LogP contribution in [0.3, 0.4) is 0 Å². The second kappa shape index (κ2) is 11.3. The van der Waals surface area contributed by atoms with E-state index in [2.05, 4.69) is 20.2 Å². The van der Waals surface area contributed by atoms with Crippen molar-refractivity contribution in [1.29, 1.82) is 0 Å². The minimum Gasteiger partial charge on any atom is -0.378 e. The highest BCUT2D eigenvalue weighted by Crippen LogP contribution is 2.36. The minimum atomic E-state index is -4.92. The van der Waals surface area contributed by atoms with Gasteiger partial charge in [0.2, 0.25) is 5.56 Å². The fourth-order valence-corrected chi connectivity index (χ4v) is 4.86. The summed E-state index contributed by atoms with van der Waals surface area (Å²) in [7, 11) is 1.98. The Labute approximate surface area is 227 Å². The number of nitrogens with zero attached hydrogens (tertiary/aromatic N) is 4. The van der Waals surface area contributed by atoms with Gasteiger partial charge in [0.25, 0.3) is 5.91 Å². The lowest BCUT2D eigenvalue weighted by molar-refractivity contribution is -0.138. The maximum Gasteiger partial charge on any atom is 0.417 e. The number of nitrogens with one attached hydrogen (secondary N) is 2. The van der Waals surface area contributed by atoms with Gasteiger partial charge in [-0.2, -0.15) is 13.2 Å². The predicted molar refractivity (Wildman–Crippen MR) is 142 cm³/mol. The number of hydrogen-bond donors (Lipinski definition) is 2.